The number of aromatic nitrogens is 4. The van der Waals surface area contributed by atoms with Gasteiger partial charge in [0, 0.05) is 6.42 Å². The Balaban J connectivity index is 1.53. The Bertz CT molecular complexity index is 1100. The summed E-state index contributed by atoms with van der Waals surface area (Å²) < 4.78 is 1.85. The van der Waals surface area contributed by atoms with E-state index in [0.717, 1.165) is 47.6 Å². The molecular weight excluding hydrogens is 364 g/mol. The van der Waals surface area contributed by atoms with Gasteiger partial charge in [-0.2, -0.15) is 5.10 Å². The Labute approximate surface area is 169 Å². The second-order valence-electron chi connectivity index (χ2n) is 7.03. The molecule has 2 heterocycles. The summed E-state index contributed by atoms with van der Waals surface area (Å²) >= 11 is 0. The molecule has 2 aliphatic rings. The van der Waals surface area contributed by atoms with Gasteiger partial charge in [-0.3, -0.25) is 4.68 Å². The minimum Gasteiger partial charge on any atom is -0.478 e. The molecule has 0 radical (unpaired) electrons. The lowest BCUT2D eigenvalue weighted by Crippen LogP contribution is -2.05. The smallest absolute Gasteiger partial charge is 0.336 e. The van der Waals surface area contributed by atoms with Crippen molar-refractivity contribution in [2.24, 2.45) is 0 Å². The fourth-order valence-electron chi connectivity index (χ4n) is 3.34. The number of carbonyl (C=O) groups is 1. The van der Waals surface area contributed by atoms with Gasteiger partial charge in [0.1, 0.15) is 17.2 Å². The molecule has 6 nitrogen and oxygen atoms in total. The fraction of sp³-hybridized carbons (Fsp3) is 0.217. The van der Waals surface area contributed by atoms with Gasteiger partial charge >= 0.3 is 5.97 Å². The maximum Gasteiger partial charge on any atom is 0.336 e. The molecule has 0 atom stereocenters. The Hall–Kier alpha value is -3.54. The van der Waals surface area contributed by atoms with Gasteiger partial charge in [0.2, 0.25) is 0 Å². The van der Waals surface area contributed by atoms with Crippen molar-refractivity contribution in [2.45, 2.75) is 32.7 Å². The van der Waals surface area contributed by atoms with Gasteiger partial charge in [0.05, 0.1) is 24.5 Å². The number of fused-ring (bicyclic) bond motifs is 1. The summed E-state index contributed by atoms with van der Waals surface area (Å²) in [7, 11) is 0. The Morgan fingerprint density at radius 1 is 1.03 bits per heavy atom. The lowest BCUT2D eigenvalue weighted by molar-refractivity contribution is 0.0697. The van der Waals surface area contributed by atoms with Crippen molar-refractivity contribution >= 4 is 5.97 Å². The number of aryl methyl sites for hydroxylation is 1. The minimum atomic E-state index is -0.924. The Morgan fingerprint density at radius 3 is 2.55 bits per heavy atom. The molecule has 0 aromatic heterocycles. The number of carboxylic acids is 1. The number of imidazole rings is 1. The zero-order valence-corrected chi connectivity index (χ0v) is 16.2. The van der Waals surface area contributed by atoms with E-state index in [4.69, 9.17) is 0 Å². The van der Waals surface area contributed by atoms with Gasteiger partial charge in [-0.25, -0.2) is 14.8 Å². The molecular formula is C23H22N4O2. The number of aromatic carboxylic acids is 1. The number of carboxylic acid groups (broad SMARTS) is 1. The van der Waals surface area contributed by atoms with Crippen LogP contribution in [0.1, 0.15) is 41.5 Å². The number of nitrogens with zero attached hydrogens (tertiary/aromatic N) is 4. The second kappa shape index (κ2) is 8.22. The first-order valence-electron chi connectivity index (χ1n) is 9.75. The number of unbranched alkanes of at least 4 members (excludes halogenated alkanes) is 1. The summed E-state index contributed by atoms with van der Waals surface area (Å²) in [6, 6.07) is 14.9. The average molecular weight is 386 g/mol. The van der Waals surface area contributed by atoms with Crippen LogP contribution in [0.2, 0.25) is 0 Å². The molecule has 2 aliphatic heterocycles. The van der Waals surface area contributed by atoms with Crippen LogP contribution in [-0.4, -0.2) is 30.8 Å². The molecule has 0 aliphatic carbocycles. The van der Waals surface area contributed by atoms with Crippen molar-refractivity contribution in [3.05, 3.63) is 77.9 Å². The molecule has 0 saturated heterocycles. The predicted molar refractivity (Wildman–Crippen MR) is 111 cm³/mol. The van der Waals surface area contributed by atoms with E-state index >= 15 is 0 Å². The van der Waals surface area contributed by atoms with Gasteiger partial charge in [-0.05, 0) is 29.2 Å². The number of rotatable bonds is 7. The van der Waals surface area contributed by atoms with Crippen molar-refractivity contribution in [3.63, 3.8) is 0 Å². The summed E-state index contributed by atoms with van der Waals surface area (Å²) in [6.07, 6.45) is 6.78. The summed E-state index contributed by atoms with van der Waals surface area (Å²) in [6.45, 7) is 2.76. The SMILES string of the molecule is CCCCc1nc2cnn(Cc3ccc(-c4ccccc4C(=O)O)cc3)cc-2n1. The van der Waals surface area contributed by atoms with E-state index in [2.05, 4.69) is 22.0 Å². The standard InChI is InChI=1S/C23H22N4O2/c1-2-3-8-22-25-20-13-24-27(15-21(20)26-22)14-16-9-11-17(12-10-16)18-6-4-5-7-19(18)23(28)29/h4-7,9-13,15H,2-3,8,14H2,1H3,(H,28,29). The highest BCUT2D eigenvalue weighted by Crippen LogP contribution is 2.24. The third-order valence-electron chi connectivity index (χ3n) is 4.88. The lowest BCUT2D eigenvalue weighted by atomic mass is 9.99. The number of benzene rings is 2. The van der Waals surface area contributed by atoms with Crippen LogP contribution < -0.4 is 0 Å². The first-order chi connectivity index (χ1) is 14.1. The summed E-state index contributed by atoms with van der Waals surface area (Å²) in [5, 5.41) is 13.8. The van der Waals surface area contributed by atoms with E-state index in [1.807, 2.05) is 47.3 Å². The van der Waals surface area contributed by atoms with E-state index in [1.54, 1.807) is 18.3 Å². The Kier molecular flexibility index (Phi) is 5.33. The highest BCUT2D eigenvalue weighted by Gasteiger charge is 2.13. The van der Waals surface area contributed by atoms with Crippen molar-refractivity contribution < 1.29 is 9.90 Å². The average Bonchev–Trinajstić information content (AvgIpc) is 3.15. The van der Waals surface area contributed by atoms with Crippen LogP contribution in [0.5, 0.6) is 0 Å². The van der Waals surface area contributed by atoms with E-state index in [9.17, 15) is 9.90 Å². The third kappa shape index (κ3) is 4.16. The quantitative estimate of drug-likeness (QED) is 0.504. The monoisotopic (exact) mass is 386 g/mol. The zero-order chi connectivity index (χ0) is 20.2. The van der Waals surface area contributed by atoms with E-state index in [-0.39, 0.29) is 0 Å². The molecule has 1 N–H and O–H groups in total. The van der Waals surface area contributed by atoms with Crippen LogP contribution in [0.4, 0.5) is 0 Å². The van der Waals surface area contributed by atoms with Crippen LogP contribution >= 0.6 is 0 Å². The van der Waals surface area contributed by atoms with Gasteiger partial charge in [-0.1, -0.05) is 55.8 Å². The van der Waals surface area contributed by atoms with Crippen LogP contribution in [0.25, 0.3) is 22.5 Å². The lowest BCUT2D eigenvalue weighted by Gasteiger charge is -2.09. The maximum atomic E-state index is 11.4. The zero-order valence-electron chi connectivity index (χ0n) is 16.2. The van der Waals surface area contributed by atoms with Crippen LogP contribution in [0, 0.1) is 0 Å². The molecule has 146 valence electrons. The van der Waals surface area contributed by atoms with Gasteiger partial charge < -0.3 is 5.11 Å². The van der Waals surface area contributed by atoms with E-state index < -0.39 is 5.97 Å². The van der Waals surface area contributed by atoms with Crippen LogP contribution in [0.15, 0.2) is 60.9 Å². The molecule has 29 heavy (non-hydrogen) atoms. The molecule has 0 amide bonds. The molecule has 4 rings (SSSR count). The maximum absolute atomic E-state index is 11.4. The molecule has 2 aromatic carbocycles. The summed E-state index contributed by atoms with van der Waals surface area (Å²) in [4.78, 5) is 20.6. The van der Waals surface area contributed by atoms with E-state index in [1.165, 1.54) is 0 Å². The highest BCUT2D eigenvalue weighted by molar-refractivity contribution is 5.95. The van der Waals surface area contributed by atoms with Crippen molar-refractivity contribution in [2.75, 3.05) is 0 Å². The number of hydrogen-bond acceptors (Lipinski definition) is 4. The summed E-state index contributed by atoms with van der Waals surface area (Å²) in [5.41, 5.74) is 4.65. The van der Waals surface area contributed by atoms with Crippen LogP contribution in [-0.2, 0) is 13.0 Å². The molecule has 0 saturated carbocycles. The second-order valence-corrected chi connectivity index (χ2v) is 7.03. The van der Waals surface area contributed by atoms with Gasteiger partial charge in [0.25, 0.3) is 0 Å². The normalized spacial score (nSPS) is 11.1. The highest BCUT2D eigenvalue weighted by atomic mass is 16.4. The molecule has 0 unspecified atom stereocenters. The largest absolute Gasteiger partial charge is 0.478 e. The predicted octanol–water partition coefficient (Wildman–Crippen LogP) is 4.53. The molecule has 0 fully saturated rings. The number of hydrogen-bond donors (Lipinski definition) is 1. The minimum absolute atomic E-state index is 0.301. The topological polar surface area (TPSA) is 80.9 Å². The van der Waals surface area contributed by atoms with Crippen molar-refractivity contribution in [3.8, 4) is 22.5 Å². The molecule has 0 bridgehead atoms. The Morgan fingerprint density at radius 2 is 1.79 bits per heavy atom. The third-order valence-corrected chi connectivity index (χ3v) is 4.88. The van der Waals surface area contributed by atoms with Gasteiger partial charge in [-0.15, -0.1) is 0 Å². The summed E-state index contributed by atoms with van der Waals surface area (Å²) in [5.74, 6) is -0.0466. The van der Waals surface area contributed by atoms with Crippen LogP contribution in [0.3, 0.4) is 0 Å². The molecule has 2 aromatic rings. The van der Waals surface area contributed by atoms with E-state index in [0.29, 0.717) is 17.7 Å². The van der Waals surface area contributed by atoms with Crippen molar-refractivity contribution in [1.29, 1.82) is 0 Å². The molecule has 0 spiro atoms. The first kappa shape index (κ1) is 18.8. The molecule has 6 heteroatoms. The first-order valence-corrected chi connectivity index (χ1v) is 9.75. The fourth-order valence-corrected chi connectivity index (χ4v) is 3.34. The van der Waals surface area contributed by atoms with Gasteiger partial charge in [0.15, 0.2) is 0 Å². The van der Waals surface area contributed by atoms with Crippen molar-refractivity contribution in [1.82, 2.24) is 19.7 Å².